The van der Waals surface area contributed by atoms with Crippen LogP contribution in [0.2, 0.25) is 0 Å². The zero-order valence-corrected chi connectivity index (χ0v) is 26.0. The third-order valence-corrected chi connectivity index (χ3v) is 8.28. The quantitative estimate of drug-likeness (QED) is 0.178. The van der Waals surface area contributed by atoms with Crippen molar-refractivity contribution in [3.05, 3.63) is 176 Å². The summed E-state index contributed by atoms with van der Waals surface area (Å²) in [6, 6.07) is 51.4. The number of hydrogen-bond donors (Lipinski definition) is 0. The summed E-state index contributed by atoms with van der Waals surface area (Å²) in [5, 5.41) is 0. The van der Waals surface area contributed by atoms with Crippen LogP contribution < -0.4 is 0 Å². The molecule has 0 atom stereocenters. The first-order valence-electron chi connectivity index (χ1n) is 15.8. The van der Waals surface area contributed by atoms with Crippen molar-refractivity contribution in [2.75, 3.05) is 0 Å². The molecule has 0 N–H and O–H groups in total. The summed E-state index contributed by atoms with van der Waals surface area (Å²) in [5.41, 5.74) is 13.2. The van der Waals surface area contributed by atoms with Gasteiger partial charge >= 0.3 is 0 Å². The van der Waals surface area contributed by atoms with Crippen molar-refractivity contribution < 1.29 is 0 Å². The van der Waals surface area contributed by atoms with Crippen LogP contribution in [0.3, 0.4) is 0 Å². The van der Waals surface area contributed by atoms with Crippen molar-refractivity contribution in [1.29, 1.82) is 0 Å². The van der Waals surface area contributed by atoms with Crippen molar-refractivity contribution in [1.82, 2.24) is 24.9 Å². The van der Waals surface area contributed by atoms with Gasteiger partial charge < -0.3 is 0 Å². The number of aromatic nitrogens is 5. The average Bonchev–Trinajstić information content (AvgIpc) is 3.19. The maximum Gasteiger partial charge on any atom is 0.0900 e. The highest BCUT2D eigenvalue weighted by Crippen LogP contribution is 2.35. The highest BCUT2D eigenvalue weighted by molar-refractivity contribution is 5.82. The van der Waals surface area contributed by atoms with Crippen molar-refractivity contribution >= 4 is 0 Å². The van der Waals surface area contributed by atoms with E-state index < -0.39 is 0 Å². The van der Waals surface area contributed by atoms with E-state index in [1.807, 2.05) is 110 Å². The smallest absolute Gasteiger partial charge is 0.0900 e. The summed E-state index contributed by atoms with van der Waals surface area (Å²) in [6.45, 7) is 0. The Morgan fingerprint density at radius 3 is 1.10 bits per heavy atom. The molecule has 8 rings (SSSR count). The molecule has 226 valence electrons. The van der Waals surface area contributed by atoms with Crippen LogP contribution in [0, 0.1) is 0 Å². The van der Waals surface area contributed by atoms with Gasteiger partial charge in [-0.25, -0.2) is 4.98 Å². The van der Waals surface area contributed by atoms with E-state index in [4.69, 9.17) is 15.0 Å². The maximum absolute atomic E-state index is 5.12. The summed E-state index contributed by atoms with van der Waals surface area (Å²) in [6.07, 6.45) is 7.46. The van der Waals surface area contributed by atoms with Gasteiger partial charge in [-0.2, -0.15) is 0 Å². The predicted molar refractivity (Wildman–Crippen MR) is 193 cm³/mol. The van der Waals surface area contributed by atoms with Crippen molar-refractivity contribution in [3.63, 3.8) is 0 Å². The molecule has 0 aliphatic rings. The first-order chi connectivity index (χ1) is 23.8. The lowest BCUT2D eigenvalue weighted by Crippen LogP contribution is -1.95. The molecule has 0 amide bonds. The highest BCUT2D eigenvalue weighted by atomic mass is 14.8. The molecule has 0 saturated heterocycles. The number of nitrogens with zero attached hydrogens (tertiary/aromatic N) is 5. The van der Waals surface area contributed by atoms with Crippen LogP contribution in [0.4, 0.5) is 0 Å². The van der Waals surface area contributed by atoms with Gasteiger partial charge in [0, 0.05) is 47.0 Å². The van der Waals surface area contributed by atoms with Crippen LogP contribution in [0.5, 0.6) is 0 Å². The van der Waals surface area contributed by atoms with Crippen molar-refractivity contribution in [2.24, 2.45) is 0 Å². The van der Waals surface area contributed by atoms with Gasteiger partial charge in [0.25, 0.3) is 0 Å². The van der Waals surface area contributed by atoms with E-state index in [1.54, 1.807) is 0 Å². The number of hydrogen-bond acceptors (Lipinski definition) is 5. The lowest BCUT2D eigenvalue weighted by atomic mass is 9.95. The number of rotatable bonds is 7. The maximum atomic E-state index is 5.12. The molecule has 0 spiro atoms. The minimum Gasteiger partial charge on any atom is -0.256 e. The van der Waals surface area contributed by atoms with Crippen LogP contribution in [0.15, 0.2) is 176 Å². The van der Waals surface area contributed by atoms with Gasteiger partial charge in [-0.1, -0.05) is 84.9 Å². The zero-order valence-electron chi connectivity index (χ0n) is 26.0. The molecule has 0 saturated carbocycles. The lowest BCUT2D eigenvalue weighted by molar-refractivity contribution is 1.22. The second kappa shape index (κ2) is 13.0. The van der Waals surface area contributed by atoms with Crippen LogP contribution in [-0.4, -0.2) is 24.9 Å². The standard InChI is InChI=1S/C43H29N5/c1-3-11-30(12-4-1)32-17-19-40(46-28-32)42-26-35(27-43(48-42)41-20-18-33(29-47-41)31-13-5-2-6-14-31)34-23-36(38-15-7-9-21-44-38)25-37(24-34)39-16-8-10-22-45-39/h1-29H. The average molecular weight is 616 g/mol. The molecule has 48 heavy (non-hydrogen) atoms. The first-order valence-corrected chi connectivity index (χ1v) is 15.8. The summed E-state index contributed by atoms with van der Waals surface area (Å²) in [5.74, 6) is 0. The molecule has 5 heteroatoms. The van der Waals surface area contributed by atoms with Crippen molar-refractivity contribution in [3.8, 4) is 78.7 Å². The Morgan fingerprint density at radius 1 is 0.250 bits per heavy atom. The van der Waals surface area contributed by atoms with E-state index >= 15 is 0 Å². The minimum absolute atomic E-state index is 0.763. The Morgan fingerprint density at radius 2 is 0.688 bits per heavy atom. The van der Waals surface area contributed by atoms with E-state index in [9.17, 15) is 0 Å². The van der Waals surface area contributed by atoms with Gasteiger partial charge in [0.15, 0.2) is 0 Å². The van der Waals surface area contributed by atoms with E-state index in [0.29, 0.717) is 0 Å². The first kappa shape index (κ1) is 28.9. The Balaban J connectivity index is 1.28. The molecule has 5 aromatic heterocycles. The summed E-state index contributed by atoms with van der Waals surface area (Å²) < 4.78 is 0. The van der Waals surface area contributed by atoms with Crippen LogP contribution in [0.25, 0.3) is 78.7 Å². The molecule has 5 heterocycles. The van der Waals surface area contributed by atoms with Crippen LogP contribution >= 0.6 is 0 Å². The van der Waals surface area contributed by atoms with Crippen LogP contribution in [-0.2, 0) is 0 Å². The van der Waals surface area contributed by atoms with Gasteiger partial charge in [0.1, 0.15) is 0 Å². The zero-order chi connectivity index (χ0) is 32.1. The monoisotopic (exact) mass is 615 g/mol. The molecular weight excluding hydrogens is 587 g/mol. The lowest BCUT2D eigenvalue weighted by Gasteiger charge is -2.13. The topological polar surface area (TPSA) is 64.5 Å². The van der Waals surface area contributed by atoms with E-state index in [1.165, 1.54) is 0 Å². The minimum atomic E-state index is 0.763. The molecule has 0 radical (unpaired) electrons. The van der Waals surface area contributed by atoms with Gasteiger partial charge in [0.05, 0.1) is 34.2 Å². The Hall–Kier alpha value is -6.59. The second-order valence-electron chi connectivity index (χ2n) is 11.5. The van der Waals surface area contributed by atoms with Crippen molar-refractivity contribution in [2.45, 2.75) is 0 Å². The molecule has 5 nitrogen and oxygen atoms in total. The van der Waals surface area contributed by atoms with Crippen LogP contribution in [0.1, 0.15) is 0 Å². The third kappa shape index (κ3) is 6.13. The predicted octanol–water partition coefficient (Wildman–Crippen LogP) is 10.3. The second-order valence-corrected chi connectivity index (χ2v) is 11.5. The summed E-state index contributed by atoms with van der Waals surface area (Å²) in [4.78, 5) is 24.2. The molecule has 8 aromatic rings. The van der Waals surface area contributed by atoms with Gasteiger partial charge in [0.2, 0.25) is 0 Å². The fraction of sp³-hybridized carbons (Fsp3) is 0. The molecule has 0 aliphatic heterocycles. The largest absolute Gasteiger partial charge is 0.256 e. The molecule has 0 unspecified atom stereocenters. The van der Waals surface area contributed by atoms with Gasteiger partial charge in [-0.15, -0.1) is 0 Å². The fourth-order valence-electron chi connectivity index (χ4n) is 5.81. The Kier molecular flexibility index (Phi) is 7.83. The number of benzene rings is 3. The normalized spacial score (nSPS) is 10.9. The fourth-order valence-corrected chi connectivity index (χ4v) is 5.81. The molecule has 3 aromatic carbocycles. The third-order valence-electron chi connectivity index (χ3n) is 8.28. The Labute approximate surface area is 279 Å². The molecule has 0 bridgehead atoms. The molecule has 0 aliphatic carbocycles. The number of pyridine rings is 5. The highest BCUT2D eigenvalue weighted by Gasteiger charge is 2.14. The molecular formula is C43H29N5. The SMILES string of the molecule is c1ccc(-c2ccc(-c3cc(-c4cc(-c5ccccn5)cc(-c5ccccn5)c4)cc(-c4ccc(-c5ccccc5)cn4)n3)nc2)cc1. The van der Waals surface area contributed by atoms with E-state index in [0.717, 1.165) is 78.7 Å². The summed E-state index contributed by atoms with van der Waals surface area (Å²) in [7, 11) is 0. The van der Waals surface area contributed by atoms with Gasteiger partial charge in [-0.05, 0) is 89.0 Å². The molecule has 0 fully saturated rings. The van der Waals surface area contributed by atoms with E-state index in [-0.39, 0.29) is 0 Å². The Bertz CT molecular complexity index is 2130. The van der Waals surface area contributed by atoms with E-state index in [2.05, 4.69) is 76.7 Å². The van der Waals surface area contributed by atoms with Gasteiger partial charge in [-0.3, -0.25) is 19.9 Å². The summed E-state index contributed by atoms with van der Waals surface area (Å²) >= 11 is 0.